The van der Waals surface area contributed by atoms with Gasteiger partial charge >= 0.3 is 0 Å². The minimum atomic E-state index is 0.501. The molecule has 1 heteroatoms. The van der Waals surface area contributed by atoms with Gasteiger partial charge in [-0.05, 0) is 57.3 Å². The maximum atomic E-state index is 5.44. The molecule has 0 N–H and O–H groups in total. The van der Waals surface area contributed by atoms with Gasteiger partial charge in [-0.3, -0.25) is 0 Å². The van der Waals surface area contributed by atoms with E-state index in [9.17, 15) is 0 Å². The normalized spacial score (nSPS) is 32.3. The van der Waals surface area contributed by atoms with E-state index in [-0.39, 0.29) is 0 Å². The Morgan fingerprint density at radius 1 is 0.773 bits per heavy atom. The topological polar surface area (TPSA) is 9.23 Å². The highest BCUT2D eigenvalue weighted by atomic mass is 16.5. The third kappa shape index (κ3) is 6.33. The standard InChI is InChI=1S/C21H36O/c1-3-4-5-6-7-18-8-10-19(11-9-18)12-13-20-14-16-21(22-2)17-15-20/h18-21H,3-11,14-17H2,1-2H3. The molecule has 0 aromatic carbocycles. The van der Waals surface area contributed by atoms with Gasteiger partial charge in [0.05, 0.1) is 6.10 Å². The van der Waals surface area contributed by atoms with Crippen LogP contribution in [0.1, 0.15) is 90.4 Å². The van der Waals surface area contributed by atoms with E-state index >= 15 is 0 Å². The Hall–Kier alpha value is -0.480. The molecular weight excluding hydrogens is 268 g/mol. The molecule has 0 aromatic rings. The van der Waals surface area contributed by atoms with E-state index in [0.29, 0.717) is 17.9 Å². The second kappa shape index (κ2) is 10.3. The number of ether oxygens (including phenoxy) is 1. The van der Waals surface area contributed by atoms with Crippen LogP contribution in [0.25, 0.3) is 0 Å². The van der Waals surface area contributed by atoms with Crippen molar-refractivity contribution < 1.29 is 4.74 Å². The van der Waals surface area contributed by atoms with Gasteiger partial charge < -0.3 is 4.74 Å². The van der Waals surface area contributed by atoms with Crippen LogP contribution in [0, 0.1) is 29.6 Å². The summed E-state index contributed by atoms with van der Waals surface area (Å²) in [5.41, 5.74) is 0. The monoisotopic (exact) mass is 304 g/mol. The van der Waals surface area contributed by atoms with Crippen LogP contribution in [0.5, 0.6) is 0 Å². The van der Waals surface area contributed by atoms with Crippen molar-refractivity contribution in [2.75, 3.05) is 7.11 Å². The van der Waals surface area contributed by atoms with Gasteiger partial charge in [0, 0.05) is 18.9 Å². The lowest BCUT2D eigenvalue weighted by atomic mass is 9.79. The summed E-state index contributed by atoms with van der Waals surface area (Å²) in [5.74, 6) is 9.59. The van der Waals surface area contributed by atoms with E-state index in [1.807, 2.05) is 7.11 Å². The molecule has 2 aliphatic rings. The number of hydrogen-bond donors (Lipinski definition) is 0. The third-order valence-corrected chi connectivity index (χ3v) is 5.81. The summed E-state index contributed by atoms with van der Waals surface area (Å²) in [4.78, 5) is 0. The second-order valence-corrected chi connectivity index (χ2v) is 7.56. The smallest absolute Gasteiger partial charge is 0.0572 e. The van der Waals surface area contributed by atoms with Gasteiger partial charge in [0.15, 0.2) is 0 Å². The van der Waals surface area contributed by atoms with Gasteiger partial charge in [0.2, 0.25) is 0 Å². The van der Waals surface area contributed by atoms with Crippen LogP contribution in [0.2, 0.25) is 0 Å². The Labute approximate surface area is 138 Å². The highest BCUT2D eigenvalue weighted by molar-refractivity contribution is 5.09. The van der Waals surface area contributed by atoms with E-state index in [4.69, 9.17) is 4.74 Å². The zero-order valence-electron chi connectivity index (χ0n) is 14.9. The Balaban J connectivity index is 1.60. The number of methoxy groups -OCH3 is 1. The molecule has 0 atom stereocenters. The molecule has 0 heterocycles. The molecule has 0 spiro atoms. The summed E-state index contributed by atoms with van der Waals surface area (Å²) in [5, 5.41) is 0. The lowest BCUT2D eigenvalue weighted by Crippen LogP contribution is -2.19. The Kier molecular flexibility index (Phi) is 8.38. The van der Waals surface area contributed by atoms with Crippen molar-refractivity contribution in [3.63, 3.8) is 0 Å². The van der Waals surface area contributed by atoms with Crippen LogP contribution >= 0.6 is 0 Å². The first-order chi connectivity index (χ1) is 10.8. The number of unbranched alkanes of at least 4 members (excludes halogenated alkanes) is 3. The summed E-state index contributed by atoms with van der Waals surface area (Å²) in [6, 6.07) is 0. The molecule has 0 radical (unpaired) electrons. The van der Waals surface area contributed by atoms with Crippen molar-refractivity contribution in [3.05, 3.63) is 0 Å². The van der Waals surface area contributed by atoms with Gasteiger partial charge in [-0.1, -0.05) is 50.9 Å². The van der Waals surface area contributed by atoms with E-state index in [2.05, 4.69) is 18.8 Å². The van der Waals surface area contributed by atoms with Crippen molar-refractivity contribution in [1.29, 1.82) is 0 Å². The molecular formula is C21H36O. The van der Waals surface area contributed by atoms with Gasteiger partial charge in [0.1, 0.15) is 0 Å². The lowest BCUT2D eigenvalue weighted by Gasteiger charge is -2.26. The summed E-state index contributed by atoms with van der Waals surface area (Å²) in [6.07, 6.45) is 18.2. The molecule has 0 saturated heterocycles. The summed E-state index contributed by atoms with van der Waals surface area (Å²) < 4.78 is 5.44. The van der Waals surface area contributed by atoms with Gasteiger partial charge in [0.25, 0.3) is 0 Å². The fourth-order valence-electron chi connectivity index (χ4n) is 4.13. The minimum Gasteiger partial charge on any atom is -0.381 e. The molecule has 0 unspecified atom stereocenters. The average Bonchev–Trinajstić information content (AvgIpc) is 2.58. The molecule has 1 nitrogen and oxygen atoms in total. The third-order valence-electron chi connectivity index (χ3n) is 5.81. The largest absolute Gasteiger partial charge is 0.381 e. The van der Waals surface area contributed by atoms with E-state index in [0.717, 1.165) is 5.92 Å². The number of rotatable bonds is 6. The molecule has 2 rings (SSSR count). The molecule has 126 valence electrons. The van der Waals surface area contributed by atoms with Crippen LogP contribution in [0.15, 0.2) is 0 Å². The highest BCUT2D eigenvalue weighted by Gasteiger charge is 2.21. The van der Waals surface area contributed by atoms with Crippen LogP contribution in [-0.4, -0.2) is 13.2 Å². The molecule has 2 aliphatic carbocycles. The van der Waals surface area contributed by atoms with Crippen molar-refractivity contribution in [1.82, 2.24) is 0 Å². The van der Waals surface area contributed by atoms with Gasteiger partial charge in [-0.25, -0.2) is 0 Å². The number of hydrogen-bond acceptors (Lipinski definition) is 1. The highest BCUT2D eigenvalue weighted by Crippen LogP contribution is 2.32. The zero-order valence-corrected chi connectivity index (χ0v) is 14.9. The van der Waals surface area contributed by atoms with E-state index < -0.39 is 0 Å². The van der Waals surface area contributed by atoms with Crippen molar-refractivity contribution in [2.45, 2.75) is 96.5 Å². The van der Waals surface area contributed by atoms with Crippen LogP contribution in [-0.2, 0) is 4.74 Å². The summed E-state index contributed by atoms with van der Waals surface area (Å²) in [6.45, 7) is 2.30. The summed E-state index contributed by atoms with van der Waals surface area (Å²) in [7, 11) is 1.84. The van der Waals surface area contributed by atoms with Crippen molar-refractivity contribution in [2.24, 2.45) is 17.8 Å². The maximum Gasteiger partial charge on any atom is 0.0572 e. The fraction of sp³-hybridized carbons (Fsp3) is 0.905. The van der Waals surface area contributed by atoms with E-state index in [1.54, 1.807) is 0 Å². The molecule has 2 saturated carbocycles. The maximum absolute atomic E-state index is 5.44. The predicted molar refractivity (Wildman–Crippen MR) is 94.7 cm³/mol. The molecule has 22 heavy (non-hydrogen) atoms. The average molecular weight is 305 g/mol. The van der Waals surface area contributed by atoms with Gasteiger partial charge in [-0.2, -0.15) is 0 Å². The molecule has 0 bridgehead atoms. The van der Waals surface area contributed by atoms with Crippen LogP contribution in [0.3, 0.4) is 0 Å². The Morgan fingerprint density at radius 3 is 1.91 bits per heavy atom. The second-order valence-electron chi connectivity index (χ2n) is 7.56. The summed E-state index contributed by atoms with van der Waals surface area (Å²) >= 11 is 0. The predicted octanol–water partition coefficient (Wildman–Crippen LogP) is 5.97. The van der Waals surface area contributed by atoms with Crippen molar-refractivity contribution >= 4 is 0 Å². The first-order valence-electron chi connectivity index (χ1n) is 9.85. The van der Waals surface area contributed by atoms with Crippen LogP contribution in [0.4, 0.5) is 0 Å². The Bertz CT molecular complexity index is 335. The van der Waals surface area contributed by atoms with Gasteiger partial charge in [-0.15, -0.1) is 0 Å². The SMILES string of the molecule is CCCCCCC1CCC(C#CC2CCC(OC)CC2)CC1. The first-order valence-corrected chi connectivity index (χ1v) is 9.85. The van der Waals surface area contributed by atoms with Crippen molar-refractivity contribution in [3.8, 4) is 11.8 Å². The Morgan fingerprint density at radius 2 is 1.36 bits per heavy atom. The van der Waals surface area contributed by atoms with Crippen LogP contribution < -0.4 is 0 Å². The van der Waals surface area contributed by atoms with E-state index in [1.165, 1.54) is 83.5 Å². The molecule has 2 fully saturated rings. The molecule has 0 amide bonds. The minimum absolute atomic E-state index is 0.501. The zero-order chi connectivity index (χ0) is 15.6. The first kappa shape index (κ1) is 17.9. The quantitative estimate of drug-likeness (QED) is 0.434. The fourth-order valence-corrected chi connectivity index (χ4v) is 4.13. The molecule has 0 aliphatic heterocycles. The molecule has 0 aromatic heterocycles. The lowest BCUT2D eigenvalue weighted by molar-refractivity contribution is 0.0636.